The first kappa shape index (κ1) is 13.1. The zero-order valence-corrected chi connectivity index (χ0v) is 13.8. The molecule has 18 heavy (non-hydrogen) atoms. The van der Waals surface area contributed by atoms with Gasteiger partial charge in [0.2, 0.25) is 0 Å². The van der Waals surface area contributed by atoms with Crippen molar-refractivity contribution in [2.45, 2.75) is 46.2 Å². The summed E-state index contributed by atoms with van der Waals surface area (Å²) in [6.45, 7) is 8.40. The standard InChI is InChI=1S/C15H22BrNS/c1-9-11-6-10(15(11,2)3)7-13(9)17-8-14-12(16)4-5-18-14/h4-5,9-11,13,17H,6-8H2,1-3H3. The molecule has 0 aromatic carbocycles. The second-order valence-electron chi connectivity index (χ2n) is 6.63. The van der Waals surface area contributed by atoms with Gasteiger partial charge in [0.1, 0.15) is 0 Å². The molecule has 3 heteroatoms. The molecule has 0 saturated heterocycles. The lowest BCUT2D eigenvalue weighted by Crippen LogP contribution is -2.59. The summed E-state index contributed by atoms with van der Waals surface area (Å²) in [5, 5.41) is 5.95. The molecule has 3 aliphatic rings. The van der Waals surface area contributed by atoms with E-state index in [-0.39, 0.29) is 0 Å². The van der Waals surface area contributed by atoms with Crippen molar-refractivity contribution in [2.75, 3.05) is 0 Å². The first-order valence-corrected chi connectivity index (χ1v) is 8.62. The van der Waals surface area contributed by atoms with Crippen LogP contribution in [0.5, 0.6) is 0 Å². The van der Waals surface area contributed by atoms with Gasteiger partial charge >= 0.3 is 0 Å². The third kappa shape index (κ3) is 1.99. The third-order valence-corrected chi connectivity index (χ3v) is 7.50. The lowest BCUT2D eigenvalue weighted by Gasteiger charge is -2.62. The molecule has 1 heterocycles. The Hall–Kier alpha value is 0.140. The lowest BCUT2D eigenvalue weighted by atomic mass is 9.45. The highest BCUT2D eigenvalue weighted by molar-refractivity contribution is 9.10. The van der Waals surface area contributed by atoms with Crippen molar-refractivity contribution < 1.29 is 0 Å². The second-order valence-corrected chi connectivity index (χ2v) is 8.49. The molecule has 1 nitrogen and oxygen atoms in total. The summed E-state index contributed by atoms with van der Waals surface area (Å²) >= 11 is 5.46. The topological polar surface area (TPSA) is 12.0 Å². The first-order chi connectivity index (χ1) is 8.50. The van der Waals surface area contributed by atoms with E-state index < -0.39 is 0 Å². The van der Waals surface area contributed by atoms with Crippen LogP contribution in [0.2, 0.25) is 0 Å². The zero-order chi connectivity index (χ0) is 12.9. The number of halogens is 1. The van der Waals surface area contributed by atoms with Gasteiger partial charge in [0.05, 0.1) is 0 Å². The smallest absolute Gasteiger partial charge is 0.0327 e. The molecule has 0 radical (unpaired) electrons. The van der Waals surface area contributed by atoms with E-state index in [0.717, 1.165) is 30.3 Å². The maximum atomic E-state index is 3.79. The molecule has 1 aromatic heterocycles. The fourth-order valence-electron chi connectivity index (χ4n) is 4.09. The first-order valence-electron chi connectivity index (χ1n) is 6.95. The number of fused-ring (bicyclic) bond motifs is 2. The van der Waals surface area contributed by atoms with Gasteiger partial charge in [-0.15, -0.1) is 11.3 Å². The molecule has 100 valence electrons. The minimum atomic E-state index is 0.598. The van der Waals surface area contributed by atoms with Gasteiger partial charge in [-0.1, -0.05) is 20.8 Å². The van der Waals surface area contributed by atoms with Gasteiger partial charge in [-0.05, 0) is 63.4 Å². The molecular formula is C15H22BrNS. The van der Waals surface area contributed by atoms with Crippen LogP contribution in [0.3, 0.4) is 0 Å². The minimum Gasteiger partial charge on any atom is -0.309 e. The molecule has 0 amide bonds. The average Bonchev–Trinajstić information content (AvgIpc) is 2.73. The SMILES string of the molecule is CC1C(NCc2sccc2Br)CC2CC1C2(C)C. The summed E-state index contributed by atoms with van der Waals surface area (Å²) in [7, 11) is 0. The predicted octanol–water partition coefficient (Wildman–Crippen LogP) is 4.67. The highest BCUT2D eigenvalue weighted by Gasteiger charge is 2.55. The zero-order valence-electron chi connectivity index (χ0n) is 11.4. The van der Waals surface area contributed by atoms with Gasteiger partial charge in [-0.3, -0.25) is 0 Å². The van der Waals surface area contributed by atoms with E-state index in [1.54, 1.807) is 0 Å². The van der Waals surface area contributed by atoms with E-state index in [2.05, 4.69) is 53.5 Å². The Balaban J connectivity index is 1.61. The molecule has 3 aliphatic carbocycles. The third-order valence-electron chi connectivity index (χ3n) is 5.57. The van der Waals surface area contributed by atoms with E-state index in [0.29, 0.717) is 5.41 Å². The van der Waals surface area contributed by atoms with Gasteiger partial charge < -0.3 is 5.32 Å². The van der Waals surface area contributed by atoms with E-state index in [1.165, 1.54) is 22.2 Å². The van der Waals surface area contributed by atoms with Crippen molar-refractivity contribution in [1.29, 1.82) is 0 Å². The Bertz CT molecular complexity index is 439. The molecule has 4 unspecified atom stereocenters. The van der Waals surface area contributed by atoms with Crippen LogP contribution < -0.4 is 5.32 Å². The largest absolute Gasteiger partial charge is 0.309 e. The monoisotopic (exact) mass is 327 g/mol. The van der Waals surface area contributed by atoms with Crippen molar-refractivity contribution in [2.24, 2.45) is 23.2 Å². The lowest BCUT2D eigenvalue weighted by molar-refractivity contribution is -0.115. The van der Waals surface area contributed by atoms with Gasteiger partial charge in [0, 0.05) is 21.9 Å². The predicted molar refractivity (Wildman–Crippen MR) is 81.8 cm³/mol. The van der Waals surface area contributed by atoms with E-state index in [9.17, 15) is 0 Å². The van der Waals surface area contributed by atoms with E-state index in [1.807, 2.05) is 11.3 Å². The van der Waals surface area contributed by atoms with Crippen molar-refractivity contribution >= 4 is 27.3 Å². The van der Waals surface area contributed by atoms with Crippen LogP contribution in [-0.4, -0.2) is 6.04 Å². The Morgan fingerprint density at radius 1 is 1.44 bits per heavy atom. The Morgan fingerprint density at radius 3 is 2.78 bits per heavy atom. The van der Waals surface area contributed by atoms with E-state index >= 15 is 0 Å². The molecule has 3 saturated carbocycles. The molecule has 1 aromatic rings. The fourth-order valence-corrected chi connectivity index (χ4v) is 5.54. The molecule has 0 aliphatic heterocycles. The summed E-state index contributed by atoms with van der Waals surface area (Å²) in [4.78, 5) is 1.43. The van der Waals surface area contributed by atoms with E-state index in [4.69, 9.17) is 0 Å². The van der Waals surface area contributed by atoms with Gasteiger partial charge in [-0.25, -0.2) is 0 Å². The minimum absolute atomic E-state index is 0.598. The van der Waals surface area contributed by atoms with Gasteiger partial charge in [0.25, 0.3) is 0 Å². The molecule has 0 spiro atoms. The maximum Gasteiger partial charge on any atom is 0.0327 e. The summed E-state index contributed by atoms with van der Waals surface area (Å²) < 4.78 is 1.26. The highest BCUT2D eigenvalue weighted by Crippen LogP contribution is 2.61. The number of rotatable bonds is 3. The summed E-state index contributed by atoms with van der Waals surface area (Å²) in [5.74, 6) is 2.70. The maximum absolute atomic E-state index is 3.79. The van der Waals surface area contributed by atoms with Crippen molar-refractivity contribution in [3.63, 3.8) is 0 Å². The molecule has 4 rings (SSSR count). The highest BCUT2D eigenvalue weighted by atomic mass is 79.9. The number of hydrogen-bond acceptors (Lipinski definition) is 2. The van der Waals surface area contributed by atoms with Crippen molar-refractivity contribution in [3.05, 3.63) is 20.8 Å². The number of nitrogens with one attached hydrogen (secondary N) is 1. The van der Waals surface area contributed by atoms with Crippen molar-refractivity contribution in [3.8, 4) is 0 Å². The van der Waals surface area contributed by atoms with Crippen LogP contribution in [0.1, 0.15) is 38.5 Å². The van der Waals surface area contributed by atoms with Crippen LogP contribution in [-0.2, 0) is 6.54 Å². The second kappa shape index (κ2) is 4.60. The molecular weight excluding hydrogens is 306 g/mol. The van der Waals surface area contributed by atoms with Crippen LogP contribution in [0.25, 0.3) is 0 Å². The van der Waals surface area contributed by atoms with Crippen LogP contribution in [0, 0.1) is 23.2 Å². The number of hydrogen-bond donors (Lipinski definition) is 1. The molecule has 3 fully saturated rings. The summed E-state index contributed by atoms with van der Waals surface area (Å²) in [6.07, 6.45) is 2.84. The van der Waals surface area contributed by atoms with Crippen molar-refractivity contribution in [1.82, 2.24) is 5.32 Å². The molecule has 4 atom stereocenters. The summed E-state index contributed by atoms with van der Waals surface area (Å²) in [6, 6.07) is 2.86. The molecule has 1 N–H and O–H groups in total. The van der Waals surface area contributed by atoms with Crippen LogP contribution in [0.4, 0.5) is 0 Å². The Morgan fingerprint density at radius 2 is 2.22 bits per heavy atom. The van der Waals surface area contributed by atoms with Crippen LogP contribution in [0.15, 0.2) is 15.9 Å². The fraction of sp³-hybridized carbons (Fsp3) is 0.733. The quantitative estimate of drug-likeness (QED) is 0.850. The number of thiophene rings is 1. The Kier molecular flexibility index (Phi) is 3.36. The van der Waals surface area contributed by atoms with Gasteiger partial charge in [0.15, 0.2) is 0 Å². The molecule has 2 bridgehead atoms. The van der Waals surface area contributed by atoms with Crippen LogP contribution >= 0.6 is 27.3 Å². The normalized spacial score (nSPS) is 37.3. The Labute approximate surface area is 122 Å². The van der Waals surface area contributed by atoms with Gasteiger partial charge in [-0.2, -0.15) is 0 Å². The average molecular weight is 328 g/mol. The summed E-state index contributed by atoms with van der Waals surface area (Å²) in [5.41, 5.74) is 0.598.